The first-order valence-electron chi connectivity index (χ1n) is 7.12. The van der Waals surface area contributed by atoms with Crippen LogP contribution in [0, 0.1) is 0 Å². The number of halogens is 1. The quantitative estimate of drug-likeness (QED) is 0.798. The van der Waals surface area contributed by atoms with Crippen LogP contribution in [0.3, 0.4) is 0 Å². The Hall–Kier alpha value is -1.52. The van der Waals surface area contributed by atoms with Crippen LogP contribution in [-0.2, 0) is 6.42 Å². The summed E-state index contributed by atoms with van der Waals surface area (Å²) in [5.74, 6) is 2.44. The van der Waals surface area contributed by atoms with Crippen molar-refractivity contribution in [2.45, 2.75) is 19.8 Å². The molecule has 0 atom stereocenters. The van der Waals surface area contributed by atoms with E-state index in [1.807, 2.05) is 42.5 Å². The van der Waals surface area contributed by atoms with Gasteiger partial charge in [0, 0.05) is 0 Å². The van der Waals surface area contributed by atoms with Crippen molar-refractivity contribution in [2.24, 2.45) is 5.73 Å². The minimum Gasteiger partial charge on any atom is -0.494 e. The lowest BCUT2D eigenvalue weighted by molar-refractivity contribution is 0.317. The maximum Gasteiger partial charge on any atom is 0.141 e. The third-order valence-electron chi connectivity index (χ3n) is 2.95. The summed E-state index contributed by atoms with van der Waals surface area (Å²) in [6, 6.07) is 13.7. The Morgan fingerprint density at radius 3 is 2.38 bits per heavy atom. The van der Waals surface area contributed by atoms with Crippen LogP contribution in [0.2, 0.25) is 0 Å². The lowest BCUT2D eigenvalue weighted by atomic mass is 10.1. The zero-order valence-electron chi connectivity index (χ0n) is 12.1. The van der Waals surface area contributed by atoms with E-state index in [0.717, 1.165) is 41.2 Å². The summed E-state index contributed by atoms with van der Waals surface area (Å²) in [6.45, 7) is 3.46. The van der Waals surface area contributed by atoms with Gasteiger partial charge in [0.1, 0.15) is 17.2 Å². The van der Waals surface area contributed by atoms with Crippen molar-refractivity contribution >= 4 is 15.9 Å². The molecule has 0 saturated carbocycles. The van der Waals surface area contributed by atoms with E-state index >= 15 is 0 Å². The number of hydrogen-bond acceptors (Lipinski definition) is 3. The van der Waals surface area contributed by atoms with Crippen molar-refractivity contribution in [1.29, 1.82) is 0 Å². The second-order valence-electron chi connectivity index (χ2n) is 4.73. The predicted molar refractivity (Wildman–Crippen MR) is 89.2 cm³/mol. The molecule has 0 bridgehead atoms. The molecule has 0 aromatic heterocycles. The number of ether oxygens (including phenoxy) is 2. The molecule has 2 aromatic carbocycles. The Bertz CT molecular complexity index is 570. The van der Waals surface area contributed by atoms with Gasteiger partial charge in [-0.05, 0) is 77.3 Å². The first kappa shape index (κ1) is 15.9. The van der Waals surface area contributed by atoms with E-state index in [4.69, 9.17) is 15.2 Å². The Morgan fingerprint density at radius 1 is 1.05 bits per heavy atom. The fraction of sp³-hybridized carbons (Fsp3) is 0.294. The monoisotopic (exact) mass is 349 g/mol. The molecular weight excluding hydrogens is 330 g/mol. The van der Waals surface area contributed by atoms with E-state index in [1.54, 1.807) is 0 Å². The summed E-state index contributed by atoms with van der Waals surface area (Å²) >= 11 is 3.53. The fourth-order valence-electron chi connectivity index (χ4n) is 1.90. The predicted octanol–water partition coefficient (Wildman–Crippen LogP) is 4.53. The molecular formula is C17H20BrNO2. The highest BCUT2D eigenvalue weighted by molar-refractivity contribution is 9.10. The van der Waals surface area contributed by atoms with Crippen LogP contribution in [0.4, 0.5) is 0 Å². The van der Waals surface area contributed by atoms with Crippen LogP contribution in [0.15, 0.2) is 46.9 Å². The molecule has 2 N–H and O–H groups in total. The molecule has 0 saturated heterocycles. The molecule has 0 spiro atoms. The lowest BCUT2D eigenvalue weighted by Crippen LogP contribution is -2.02. The van der Waals surface area contributed by atoms with Gasteiger partial charge in [0.25, 0.3) is 0 Å². The van der Waals surface area contributed by atoms with Gasteiger partial charge >= 0.3 is 0 Å². The highest BCUT2D eigenvalue weighted by Crippen LogP contribution is 2.31. The molecule has 2 rings (SSSR count). The Balaban J connectivity index is 2.04. The number of hydrogen-bond donors (Lipinski definition) is 1. The zero-order chi connectivity index (χ0) is 15.1. The smallest absolute Gasteiger partial charge is 0.141 e. The highest BCUT2D eigenvalue weighted by atomic mass is 79.9. The third kappa shape index (κ3) is 4.76. The van der Waals surface area contributed by atoms with Crippen LogP contribution in [0.1, 0.15) is 18.9 Å². The maximum atomic E-state index is 5.87. The van der Waals surface area contributed by atoms with E-state index in [1.165, 1.54) is 5.56 Å². The van der Waals surface area contributed by atoms with Gasteiger partial charge in [0.2, 0.25) is 0 Å². The molecule has 2 aromatic rings. The molecule has 21 heavy (non-hydrogen) atoms. The normalized spacial score (nSPS) is 10.4. The molecule has 0 amide bonds. The molecule has 0 unspecified atom stereocenters. The average molecular weight is 350 g/mol. The van der Waals surface area contributed by atoms with E-state index in [9.17, 15) is 0 Å². The summed E-state index contributed by atoms with van der Waals surface area (Å²) < 4.78 is 12.3. The maximum absolute atomic E-state index is 5.87. The standard InChI is InChI=1S/C17H20BrNO2/c1-2-11-20-14-4-6-15(7-5-14)21-17-8-3-13(9-10-19)12-16(17)18/h3-8,12H,2,9-11,19H2,1H3. The number of nitrogens with two attached hydrogens (primary N) is 1. The average Bonchev–Trinajstić information content (AvgIpc) is 2.49. The third-order valence-corrected chi connectivity index (χ3v) is 3.57. The summed E-state index contributed by atoms with van der Waals surface area (Å²) in [6.07, 6.45) is 1.86. The first-order valence-corrected chi connectivity index (χ1v) is 7.91. The minimum absolute atomic E-state index is 0.645. The molecule has 3 nitrogen and oxygen atoms in total. The minimum atomic E-state index is 0.645. The molecule has 0 aliphatic carbocycles. The van der Waals surface area contributed by atoms with Crippen molar-refractivity contribution < 1.29 is 9.47 Å². The molecule has 0 radical (unpaired) electrons. The molecule has 0 aliphatic rings. The molecule has 0 aliphatic heterocycles. The zero-order valence-corrected chi connectivity index (χ0v) is 13.7. The Labute approximate surface area is 134 Å². The van der Waals surface area contributed by atoms with Crippen LogP contribution >= 0.6 is 15.9 Å². The van der Waals surface area contributed by atoms with Gasteiger partial charge in [-0.25, -0.2) is 0 Å². The van der Waals surface area contributed by atoms with Gasteiger partial charge in [-0.3, -0.25) is 0 Å². The van der Waals surface area contributed by atoms with Crippen molar-refractivity contribution in [3.63, 3.8) is 0 Å². The molecule has 0 fully saturated rings. The van der Waals surface area contributed by atoms with E-state index in [0.29, 0.717) is 6.54 Å². The van der Waals surface area contributed by atoms with Gasteiger partial charge in [0.15, 0.2) is 0 Å². The lowest BCUT2D eigenvalue weighted by Gasteiger charge is -2.10. The van der Waals surface area contributed by atoms with E-state index in [2.05, 4.69) is 22.9 Å². The largest absolute Gasteiger partial charge is 0.494 e. The van der Waals surface area contributed by atoms with Crippen molar-refractivity contribution in [1.82, 2.24) is 0 Å². The van der Waals surface area contributed by atoms with Gasteiger partial charge in [0.05, 0.1) is 11.1 Å². The van der Waals surface area contributed by atoms with E-state index < -0.39 is 0 Å². The van der Waals surface area contributed by atoms with Crippen LogP contribution in [0.25, 0.3) is 0 Å². The topological polar surface area (TPSA) is 44.5 Å². The van der Waals surface area contributed by atoms with Crippen molar-refractivity contribution in [2.75, 3.05) is 13.2 Å². The van der Waals surface area contributed by atoms with Gasteiger partial charge in [-0.15, -0.1) is 0 Å². The van der Waals surface area contributed by atoms with Gasteiger partial charge in [-0.2, -0.15) is 0 Å². The van der Waals surface area contributed by atoms with Crippen LogP contribution in [-0.4, -0.2) is 13.2 Å². The van der Waals surface area contributed by atoms with Gasteiger partial charge < -0.3 is 15.2 Å². The summed E-state index contributed by atoms with van der Waals surface area (Å²) in [5.41, 5.74) is 6.76. The number of rotatable bonds is 7. The number of benzene rings is 2. The van der Waals surface area contributed by atoms with Crippen LogP contribution in [0.5, 0.6) is 17.2 Å². The SMILES string of the molecule is CCCOc1ccc(Oc2ccc(CCN)cc2Br)cc1. The molecule has 112 valence electrons. The Morgan fingerprint density at radius 2 is 1.76 bits per heavy atom. The Kier molecular flexibility index (Phi) is 6.08. The highest BCUT2D eigenvalue weighted by Gasteiger charge is 2.04. The van der Waals surface area contributed by atoms with Crippen LogP contribution < -0.4 is 15.2 Å². The fourth-order valence-corrected chi connectivity index (χ4v) is 2.41. The second-order valence-corrected chi connectivity index (χ2v) is 5.58. The summed E-state index contributed by atoms with van der Waals surface area (Å²) in [4.78, 5) is 0. The van der Waals surface area contributed by atoms with E-state index in [-0.39, 0.29) is 0 Å². The summed E-state index contributed by atoms with van der Waals surface area (Å²) in [7, 11) is 0. The van der Waals surface area contributed by atoms with Gasteiger partial charge in [-0.1, -0.05) is 13.0 Å². The second kappa shape index (κ2) is 8.05. The van der Waals surface area contributed by atoms with Crippen molar-refractivity contribution in [3.8, 4) is 17.2 Å². The first-order chi connectivity index (χ1) is 10.2. The summed E-state index contributed by atoms with van der Waals surface area (Å²) in [5, 5.41) is 0. The van der Waals surface area contributed by atoms with Crippen molar-refractivity contribution in [3.05, 3.63) is 52.5 Å². The molecule has 4 heteroatoms. The molecule has 0 heterocycles.